The molecule has 22 heavy (non-hydrogen) atoms. The van der Waals surface area contributed by atoms with E-state index in [1.54, 1.807) is 0 Å². The number of hydrogen-bond acceptors (Lipinski definition) is 5. The third-order valence-electron chi connectivity index (χ3n) is 3.14. The normalized spacial score (nSPS) is 11.9. The molecule has 0 aliphatic carbocycles. The lowest BCUT2D eigenvalue weighted by atomic mass is 10.2. The van der Waals surface area contributed by atoms with Crippen molar-refractivity contribution in [2.24, 2.45) is 5.10 Å². The fourth-order valence-corrected chi connectivity index (χ4v) is 2.54. The molecular weight excluding hydrogens is 344 g/mol. The summed E-state index contributed by atoms with van der Waals surface area (Å²) in [6.45, 7) is 5.73. The van der Waals surface area contributed by atoms with Gasteiger partial charge in [0.05, 0.1) is 0 Å². The number of aryl methyl sites for hydroxylation is 2. The molecule has 5 nitrogen and oxygen atoms in total. The largest absolute Gasteiger partial charge is 0.455 e. The highest BCUT2D eigenvalue weighted by Crippen LogP contribution is 2.23. The summed E-state index contributed by atoms with van der Waals surface area (Å²) in [5.41, 5.74) is 6.24. The number of furan rings is 1. The first kappa shape index (κ1) is 14.7. The van der Waals surface area contributed by atoms with Crippen LogP contribution in [0.5, 0.6) is 0 Å². The quantitative estimate of drug-likeness (QED) is 0.555. The number of nitrogens with one attached hydrogen (secondary N) is 1. The SMILES string of the molecule is C/C(=N/Nc1nc(C)cc(C)n1)c1cc2cc(Br)ccc2o1. The maximum Gasteiger partial charge on any atom is 0.243 e. The monoisotopic (exact) mass is 358 g/mol. The Morgan fingerprint density at radius 1 is 1.14 bits per heavy atom. The minimum atomic E-state index is 0.482. The molecule has 2 heterocycles. The summed E-state index contributed by atoms with van der Waals surface area (Å²) in [7, 11) is 0. The molecule has 0 fully saturated rings. The molecule has 0 atom stereocenters. The fourth-order valence-electron chi connectivity index (χ4n) is 2.16. The van der Waals surface area contributed by atoms with Crippen molar-refractivity contribution in [2.75, 3.05) is 5.43 Å². The molecule has 0 spiro atoms. The van der Waals surface area contributed by atoms with Gasteiger partial charge in [-0.05, 0) is 51.1 Å². The summed E-state index contributed by atoms with van der Waals surface area (Å²) in [6.07, 6.45) is 0. The van der Waals surface area contributed by atoms with Gasteiger partial charge in [-0.3, -0.25) is 0 Å². The number of hydrogen-bond donors (Lipinski definition) is 1. The summed E-state index contributed by atoms with van der Waals surface area (Å²) in [4.78, 5) is 8.58. The number of rotatable bonds is 3. The first-order valence-corrected chi connectivity index (χ1v) is 7.62. The number of benzene rings is 1. The Balaban J connectivity index is 1.86. The molecule has 6 heteroatoms. The van der Waals surface area contributed by atoms with Crippen molar-refractivity contribution in [3.63, 3.8) is 0 Å². The predicted octanol–water partition coefficient (Wildman–Crippen LogP) is 4.44. The second-order valence-electron chi connectivity index (χ2n) is 5.08. The molecule has 0 unspecified atom stereocenters. The smallest absolute Gasteiger partial charge is 0.243 e. The fraction of sp³-hybridized carbons (Fsp3) is 0.188. The lowest BCUT2D eigenvalue weighted by molar-refractivity contribution is 0.604. The van der Waals surface area contributed by atoms with E-state index in [1.165, 1.54) is 0 Å². The van der Waals surface area contributed by atoms with Gasteiger partial charge in [0.25, 0.3) is 0 Å². The van der Waals surface area contributed by atoms with Gasteiger partial charge in [-0.2, -0.15) is 5.10 Å². The van der Waals surface area contributed by atoms with Crippen molar-refractivity contribution in [3.8, 4) is 0 Å². The average molecular weight is 359 g/mol. The molecular formula is C16H15BrN4O. The van der Waals surface area contributed by atoms with Crippen molar-refractivity contribution < 1.29 is 4.42 Å². The van der Waals surface area contributed by atoms with Crippen LogP contribution < -0.4 is 5.43 Å². The summed E-state index contributed by atoms with van der Waals surface area (Å²) in [5.74, 6) is 1.20. The molecule has 0 saturated heterocycles. The van der Waals surface area contributed by atoms with Crippen molar-refractivity contribution in [1.29, 1.82) is 0 Å². The van der Waals surface area contributed by atoms with Gasteiger partial charge in [0.15, 0.2) is 5.76 Å². The van der Waals surface area contributed by atoms with Crippen LogP contribution in [0.25, 0.3) is 11.0 Å². The zero-order valence-corrected chi connectivity index (χ0v) is 14.1. The molecule has 3 aromatic rings. The van der Waals surface area contributed by atoms with Crippen LogP contribution in [0.2, 0.25) is 0 Å². The molecule has 112 valence electrons. The molecule has 0 aliphatic rings. The van der Waals surface area contributed by atoms with E-state index in [1.807, 2.05) is 51.1 Å². The van der Waals surface area contributed by atoms with Gasteiger partial charge in [-0.1, -0.05) is 15.9 Å². The molecule has 1 N–H and O–H groups in total. The summed E-state index contributed by atoms with van der Waals surface area (Å²) < 4.78 is 6.81. The lowest BCUT2D eigenvalue weighted by Gasteiger charge is -2.02. The summed E-state index contributed by atoms with van der Waals surface area (Å²) >= 11 is 3.45. The highest BCUT2D eigenvalue weighted by atomic mass is 79.9. The van der Waals surface area contributed by atoms with Crippen molar-refractivity contribution in [1.82, 2.24) is 9.97 Å². The minimum absolute atomic E-state index is 0.482. The van der Waals surface area contributed by atoms with E-state index in [-0.39, 0.29) is 0 Å². The molecule has 1 aromatic carbocycles. The Kier molecular flexibility index (Phi) is 3.94. The van der Waals surface area contributed by atoms with Gasteiger partial charge >= 0.3 is 0 Å². The van der Waals surface area contributed by atoms with Crippen molar-refractivity contribution >= 4 is 38.6 Å². The van der Waals surface area contributed by atoms with Crippen LogP contribution in [0.3, 0.4) is 0 Å². The summed E-state index contributed by atoms with van der Waals surface area (Å²) in [6, 6.07) is 9.76. The van der Waals surface area contributed by atoms with Crippen LogP contribution in [-0.4, -0.2) is 15.7 Å². The Hall–Kier alpha value is -2.21. The van der Waals surface area contributed by atoms with Crippen molar-refractivity contribution in [2.45, 2.75) is 20.8 Å². The Morgan fingerprint density at radius 2 is 1.86 bits per heavy atom. The molecule has 0 bridgehead atoms. The third-order valence-corrected chi connectivity index (χ3v) is 3.63. The van der Waals surface area contributed by atoms with Crippen LogP contribution in [-0.2, 0) is 0 Å². The standard InChI is InChI=1S/C16H15BrN4O/c1-9-6-10(2)19-16(18-9)21-20-11(3)15-8-12-7-13(17)4-5-14(12)22-15/h4-8H,1-3H3,(H,18,19,21)/b20-11-. The topological polar surface area (TPSA) is 63.3 Å². The minimum Gasteiger partial charge on any atom is -0.455 e. The van der Waals surface area contributed by atoms with E-state index in [0.717, 1.165) is 32.5 Å². The number of anilines is 1. The second kappa shape index (κ2) is 5.88. The van der Waals surface area contributed by atoms with Gasteiger partial charge in [-0.25, -0.2) is 15.4 Å². The maximum atomic E-state index is 5.79. The van der Waals surface area contributed by atoms with Gasteiger partial charge in [0.1, 0.15) is 11.3 Å². The Bertz CT molecular complexity index is 849. The first-order valence-electron chi connectivity index (χ1n) is 6.83. The number of nitrogens with zero attached hydrogens (tertiary/aromatic N) is 3. The lowest BCUT2D eigenvalue weighted by Crippen LogP contribution is -2.03. The highest BCUT2D eigenvalue weighted by Gasteiger charge is 2.07. The van der Waals surface area contributed by atoms with Crippen LogP contribution in [0.1, 0.15) is 24.1 Å². The van der Waals surface area contributed by atoms with E-state index in [4.69, 9.17) is 4.42 Å². The molecule has 2 aromatic heterocycles. The molecule has 0 aliphatic heterocycles. The van der Waals surface area contributed by atoms with Crippen LogP contribution >= 0.6 is 15.9 Å². The molecule has 3 rings (SSSR count). The molecule has 0 radical (unpaired) electrons. The van der Waals surface area contributed by atoms with Gasteiger partial charge in [-0.15, -0.1) is 0 Å². The highest BCUT2D eigenvalue weighted by molar-refractivity contribution is 9.10. The molecule has 0 saturated carbocycles. The Morgan fingerprint density at radius 3 is 2.59 bits per heavy atom. The van der Waals surface area contributed by atoms with Gasteiger partial charge < -0.3 is 4.42 Å². The van der Waals surface area contributed by atoms with E-state index < -0.39 is 0 Å². The zero-order valence-electron chi connectivity index (χ0n) is 12.5. The third kappa shape index (κ3) is 3.17. The zero-order chi connectivity index (χ0) is 15.7. The van der Waals surface area contributed by atoms with Gasteiger partial charge in [0, 0.05) is 21.2 Å². The van der Waals surface area contributed by atoms with E-state index in [9.17, 15) is 0 Å². The van der Waals surface area contributed by atoms with E-state index in [2.05, 4.69) is 36.4 Å². The van der Waals surface area contributed by atoms with Crippen LogP contribution in [0.4, 0.5) is 5.95 Å². The van der Waals surface area contributed by atoms with E-state index >= 15 is 0 Å². The number of fused-ring (bicyclic) bond motifs is 1. The number of aromatic nitrogens is 2. The van der Waals surface area contributed by atoms with Crippen molar-refractivity contribution in [3.05, 3.63) is 52.0 Å². The predicted molar refractivity (Wildman–Crippen MR) is 91.3 cm³/mol. The van der Waals surface area contributed by atoms with Crippen LogP contribution in [0.15, 0.2) is 44.3 Å². The average Bonchev–Trinajstić information content (AvgIpc) is 2.86. The van der Waals surface area contributed by atoms with Crippen LogP contribution in [0, 0.1) is 13.8 Å². The van der Waals surface area contributed by atoms with E-state index in [0.29, 0.717) is 11.7 Å². The first-order chi connectivity index (χ1) is 10.5. The Labute approximate surface area is 136 Å². The maximum absolute atomic E-state index is 5.79. The van der Waals surface area contributed by atoms with Gasteiger partial charge in [0.2, 0.25) is 5.95 Å². The second-order valence-corrected chi connectivity index (χ2v) is 5.99. The summed E-state index contributed by atoms with van der Waals surface area (Å²) in [5, 5.41) is 5.33. The number of hydrazone groups is 1. The number of halogens is 1. The molecule has 0 amide bonds.